The number of amides is 2. The van der Waals surface area contributed by atoms with E-state index >= 15 is 0 Å². The number of halogens is 2. The summed E-state index contributed by atoms with van der Waals surface area (Å²) in [4.78, 5) is 29.1. The van der Waals surface area contributed by atoms with Crippen LogP contribution in [0.25, 0.3) is 22.5 Å². The van der Waals surface area contributed by atoms with Crippen LogP contribution in [0.4, 0.5) is 13.9 Å². The fourth-order valence-corrected chi connectivity index (χ4v) is 3.67. The van der Waals surface area contributed by atoms with Gasteiger partial charge < -0.3 is 15.1 Å². The Morgan fingerprint density at radius 3 is 2.70 bits per heavy atom. The Bertz CT molecular complexity index is 1290. The second-order valence-corrected chi connectivity index (χ2v) is 7.64. The van der Waals surface area contributed by atoms with Crippen LogP contribution >= 0.6 is 11.3 Å². The number of aromatic nitrogens is 5. The van der Waals surface area contributed by atoms with Crippen molar-refractivity contribution < 1.29 is 18.4 Å². The summed E-state index contributed by atoms with van der Waals surface area (Å²) >= 11 is 1.22. The Morgan fingerprint density at radius 1 is 1.21 bits per heavy atom. The molecule has 9 nitrogen and oxygen atoms in total. The van der Waals surface area contributed by atoms with Crippen molar-refractivity contribution >= 4 is 35.7 Å². The average molecular weight is 468 g/mol. The number of hydrogen-bond acceptors (Lipinski definition) is 6. The van der Waals surface area contributed by atoms with Crippen LogP contribution in [0.1, 0.15) is 16.9 Å². The van der Waals surface area contributed by atoms with E-state index in [4.69, 9.17) is 0 Å². The molecule has 0 aliphatic heterocycles. The molecule has 3 heterocycles. The molecule has 4 rings (SSSR count). The van der Waals surface area contributed by atoms with Crippen LogP contribution in [0, 0.1) is 0 Å². The van der Waals surface area contributed by atoms with Crippen molar-refractivity contribution in [2.75, 3.05) is 11.9 Å². The fourth-order valence-electron chi connectivity index (χ4n) is 2.94. The van der Waals surface area contributed by atoms with Gasteiger partial charge in [-0.15, -0.1) is 21.2 Å². The van der Waals surface area contributed by atoms with Gasteiger partial charge in [-0.3, -0.25) is 9.59 Å². The summed E-state index contributed by atoms with van der Waals surface area (Å²) in [5.41, 5.74) is 2.69. The molecule has 0 saturated heterocycles. The highest BCUT2D eigenvalue weighted by atomic mass is 32.1. The van der Waals surface area contributed by atoms with Gasteiger partial charge in [-0.25, -0.2) is 4.98 Å². The third-order valence-corrected chi connectivity index (χ3v) is 5.33. The zero-order chi connectivity index (χ0) is 23.4. The normalized spacial score (nSPS) is 10.9. The van der Waals surface area contributed by atoms with Crippen molar-refractivity contribution in [2.24, 2.45) is 0 Å². The molecule has 2 amide bonds. The largest absolute Gasteiger partial charge is 0.402 e. The first-order valence-corrected chi connectivity index (χ1v) is 10.6. The molecule has 0 fully saturated rings. The minimum atomic E-state index is -2.81. The van der Waals surface area contributed by atoms with Crippen LogP contribution in [0.15, 0.2) is 54.3 Å². The molecule has 1 aromatic carbocycles. The van der Waals surface area contributed by atoms with E-state index in [-0.39, 0.29) is 12.5 Å². The Kier molecular flexibility index (Phi) is 6.59. The van der Waals surface area contributed by atoms with E-state index < -0.39 is 12.5 Å². The Balaban J connectivity index is 1.37. The molecule has 0 atom stereocenters. The van der Waals surface area contributed by atoms with Gasteiger partial charge in [-0.1, -0.05) is 25.0 Å². The third kappa shape index (κ3) is 5.31. The predicted molar refractivity (Wildman–Crippen MR) is 120 cm³/mol. The van der Waals surface area contributed by atoms with Gasteiger partial charge in [-0.2, -0.15) is 13.9 Å². The standard InChI is InChI=1S/C20H17BF2N7O2S/c1-21-29-6-5-14(10-29)18(32)24-9-17(31)27-20-26-16(11-33-20)13-4-2-3-12(7-13)15-8-25-30(28-15)19(22)23/h2-8,10-11,19H,9H2,1H3,(H,24,32)(H,26,27,31). The van der Waals surface area contributed by atoms with Crippen molar-refractivity contribution in [3.8, 4) is 22.5 Å². The van der Waals surface area contributed by atoms with Gasteiger partial charge in [0, 0.05) is 22.7 Å². The highest BCUT2D eigenvalue weighted by Gasteiger charge is 2.14. The molecular weight excluding hydrogens is 451 g/mol. The zero-order valence-corrected chi connectivity index (χ0v) is 18.1. The van der Waals surface area contributed by atoms with Crippen LogP contribution in [0.5, 0.6) is 0 Å². The van der Waals surface area contributed by atoms with E-state index in [0.29, 0.717) is 32.4 Å². The lowest BCUT2D eigenvalue weighted by molar-refractivity contribution is -0.115. The second-order valence-electron chi connectivity index (χ2n) is 6.78. The Hall–Kier alpha value is -3.87. The van der Waals surface area contributed by atoms with E-state index in [1.807, 2.05) is 12.9 Å². The first kappa shape index (κ1) is 22.3. The average Bonchev–Trinajstić information content (AvgIpc) is 3.58. The van der Waals surface area contributed by atoms with Crippen molar-refractivity contribution in [1.82, 2.24) is 29.8 Å². The molecule has 167 valence electrons. The van der Waals surface area contributed by atoms with Crippen molar-refractivity contribution in [3.05, 3.63) is 59.9 Å². The molecule has 0 unspecified atom stereocenters. The lowest BCUT2D eigenvalue weighted by Gasteiger charge is -2.04. The van der Waals surface area contributed by atoms with E-state index in [0.717, 1.165) is 5.56 Å². The molecule has 13 heteroatoms. The van der Waals surface area contributed by atoms with E-state index in [2.05, 4.69) is 25.8 Å². The quantitative estimate of drug-likeness (QED) is 0.387. The summed E-state index contributed by atoms with van der Waals surface area (Å²) < 4.78 is 27.2. The molecule has 0 saturated carbocycles. The summed E-state index contributed by atoms with van der Waals surface area (Å²) in [6.45, 7) is -1.18. The number of nitrogens with zero attached hydrogens (tertiary/aromatic N) is 5. The smallest absolute Gasteiger partial charge is 0.348 e. The number of nitrogens with one attached hydrogen (secondary N) is 2. The van der Waals surface area contributed by atoms with Gasteiger partial charge in [0.05, 0.1) is 24.0 Å². The highest BCUT2D eigenvalue weighted by molar-refractivity contribution is 7.14. The minimum absolute atomic E-state index is 0.204. The van der Waals surface area contributed by atoms with Gasteiger partial charge in [0.25, 0.3) is 5.91 Å². The fraction of sp³-hybridized carbons (Fsp3) is 0.150. The molecule has 0 bridgehead atoms. The van der Waals surface area contributed by atoms with Gasteiger partial charge in [0.2, 0.25) is 13.3 Å². The maximum absolute atomic E-state index is 12.7. The molecule has 0 spiro atoms. The monoisotopic (exact) mass is 468 g/mol. The molecule has 2 N–H and O–H groups in total. The van der Waals surface area contributed by atoms with E-state index in [1.54, 1.807) is 53.9 Å². The predicted octanol–water partition coefficient (Wildman–Crippen LogP) is 3.15. The van der Waals surface area contributed by atoms with Gasteiger partial charge in [0.15, 0.2) is 5.13 Å². The maximum Gasteiger partial charge on any atom is 0.348 e. The van der Waals surface area contributed by atoms with Gasteiger partial charge in [-0.05, 0) is 18.3 Å². The van der Waals surface area contributed by atoms with Crippen LogP contribution in [-0.4, -0.2) is 50.2 Å². The lowest BCUT2D eigenvalue weighted by Crippen LogP contribution is -2.32. The Morgan fingerprint density at radius 2 is 2.00 bits per heavy atom. The number of alkyl halides is 2. The molecule has 4 aromatic rings. The number of anilines is 1. The number of hydrogen-bond donors (Lipinski definition) is 2. The van der Waals surface area contributed by atoms with E-state index in [9.17, 15) is 18.4 Å². The molecule has 3 aromatic heterocycles. The first-order chi connectivity index (χ1) is 15.9. The van der Waals surface area contributed by atoms with Crippen LogP contribution in [0.2, 0.25) is 6.82 Å². The first-order valence-electron chi connectivity index (χ1n) is 9.74. The molecular formula is C20H17BF2N7O2S. The summed E-state index contributed by atoms with van der Waals surface area (Å²) in [5.74, 6) is -0.769. The molecule has 33 heavy (non-hydrogen) atoms. The van der Waals surface area contributed by atoms with E-state index in [1.165, 1.54) is 17.5 Å². The number of rotatable bonds is 8. The Labute approximate surface area is 191 Å². The maximum atomic E-state index is 12.7. The minimum Gasteiger partial charge on any atom is -0.402 e. The molecule has 0 aliphatic rings. The lowest BCUT2D eigenvalue weighted by atomic mass is 10.0. The van der Waals surface area contributed by atoms with Crippen molar-refractivity contribution in [2.45, 2.75) is 13.4 Å². The number of carbonyl (C=O) groups excluding carboxylic acids is 2. The SMILES string of the molecule is C[B]n1ccc(C(=O)NCC(=O)Nc2nc(-c3cccc(-c4cnn(C(F)F)n4)c3)cs2)c1. The van der Waals surface area contributed by atoms with Crippen molar-refractivity contribution in [1.29, 1.82) is 0 Å². The summed E-state index contributed by atoms with van der Waals surface area (Å²) in [6.07, 6.45) is 4.66. The molecule has 0 aliphatic carbocycles. The van der Waals surface area contributed by atoms with Crippen molar-refractivity contribution in [3.63, 3.8) is 0 Å². The zero-order valence-electron chi connectivity index (χ0n) is 17.3. The number of benzene rings is 1. The molecule has 1 radical (unpaired) electrons. The number of thiazole rings is 1. The van der Waals surface area contributed by atoms with Gasteiger partial charge in [0.1, 0.15) is 5.69 Å². The van der Waals surface area contributed by atoms with Crippen LogP contribution in [-0.2, 0) is 4.79 Å². The third-order valence-electron chi connectivity index (χ3n) is 4.57. The summed E-state index contributed by atoms with van der Waals surface area (Å²) in [5, 5.41) is 14.6. The highest BCUT2D eigenvalue weighted by Crippen LogP contribution is 2.28. The second kappa shape index (κ2) is 9.73. The van der Waals surface area contributed by atoms with Gasteiger partial charge >= 0.3 is 6.55 Å². The topological polar surface area (TPSA) is 107 Å². The van der Waals surface area contributed by atoms with Crippen LogP contribution in [0.3, 0.4) is 0 Å². The van der Waals surface area contributed by atoms with Crippen LogP contribution < -0.4 is 10.6 Å². The summed E-state index contributed by atoms with van der Waals surface area (Å²) in [7, 11) is 1.80. The summed E-state index contributed by atoms with van der Waals surface area (Å²) in [6, 6.07) is 8.70. The number of carbonyl (C=O) groups is 2.